The van der Waals surface area contributed by atoms with Crippen molar-refractivity contribution in [2.24, 2.45) is 0 Å². The van der Waals surface area contributed by atoms with Crippen molar-refractivity contribution in [3.8, 4) is 11.5 Å². The number of ether oxygens (including phenoxy) is 1. The van der Waals surface area contributed by atoms with Gasteiger partial charge in [-0.05, 0) is 30.7 Å². The summed E-state index contributed by atoms with van der Waals surface area (Å²) in [6.45, 7) is 1.25. The Morgan fingerprint density at radius 2 is 2.10 bits per heavy atom. The van der Waals surface area contributed by atoms with Crippen LogP contribution in [0.5, 0.6) is 11.5 Å². The maximum atomic E-state index is 13.3. The number of benzene rings is 2. The fraction of sp³-hybridized carbons (Fsp3) is 0.143. The molecule has 0 unspecified atom stereocenters. The van der Waals surface area contributed by atoms with Gasteiger partial charge in [0, 0.05) is 11.6 Å². The molecular weight excluding hydrogens is 265 g/mol. The van der Waals surface area contributed by atoms with Crippen LogP contribution in [-0.2, 0) is 6.61 Å². The first-order chi connectivity index (χ1) is 9.51. The number of hydrogen-bond donors (Lipinski definition) is 1. The number of aliphatic hydroxyl groups is 1. The van der Waals surface area contributed by atoms with E-state index in [0.717, 1.165) is 12.1 Å². The van der Waals surface area contributed by atoms with E-state index in [1.807, 2.05) is 0 Å². The highest BCUT2D eigenvalue weighted by atomic mass is 19.1. The quantitative estimate of drug-likeness (QED) is 0.687. The van der Waals surface area contributed by atoms with Crippen LogP contribution in [0.25, 0.3) is 0 Å². The molecule has 1 N–H and O–H groups in total. The average Bonchev–Trinajstić information content (AvgIpc) is 2.37. The molecule has 0 aliphatic heterocycles. The number of halogens is 1. The number of nitro benzene ring substituents is 1. The molecule has 2 rings (SSSR count). The molecule has 0 bridgehead atoms. The average molecular weight is 277 g/mol. The summed E-state index contributed by atoms with van der Waals surface area (Å²) in [5, 5.41) is 20.0. The predicted molar refractivity (Wildman–Crippen MR) is 70.2 cm³/mol. The maximum absolute atomic E-state index is 13.3. The first-order valence-electron chi connectivity index (χ1n) is 5.83. The van der Waals surface area contributed by atoms with Gasteiger partial charge in [-0.1, -0.05) is 12.1 Å². The molecule has 0 fully saturated rings. The number of aliphatic hydroxyl groups excluding tert-OH is 1. The molecule has 0 atom stereocenters. The molecule has 0 aliphatic rings. The van der Waals surface area contributed by atoms with Gasteiger partial charge < -0.3 is 9.84 Å². The standard InChI is InChI=1S/C14H12FNO4/c1-9-3-2-4-13(14(9)16(18)19)20-12-6-10(8-17)5-11(15)7-12/h2-7,17H,8H2,1H3. The van der Waals surface area contributed by atoms with Gasteiger partial charge in [-0.3, -0.25) is 10.1 Å². The molecule has 2 aromatic rings. The van der Waals surface area contributed by atoms with Crippen molar-refractivity contribution in [2.75, 3.05) is 0 Å². The fourth-order valence-corrected chi connectivity index (χ4v) is 1.85. The highest BCUT2D eigenvalue weighted by Crippen LogP contribution is 2.34. The van der Waals surface area contributed by atoms with E-state index in [4.69, 9.17) is 9.84 Å². The van der Waals surface area contributed by atoms with Gasteiger partial charge >= 0.3 is 5.69 Å². The minimum atomic E-state index is -0.582. The summed E-state index contributed by atoms with van der Waals surface area (Å²) in [4.78, 5) is 10.5. The van der Waals surface area contributed by atoms with Gasteiger partial charge in [0.05, 0.1) is 11.5 Å². The fourth-order valence-electron chi connectivity index (χ4n) is 1.85. The Morgan fingerprint density at radius 1 is 1.35 bits per heavy atom. The minimum Gasteiger partial charge on any atom is -0.450 e. The summed E-state index contributed by atoms with van der Waals surface area (Å²) in [6.07, 6.45) is 0. The Balaban J connectivity index is 2.42. The third-order valence-corrected chi connectivity index (χ3v) is 2.72. The Labute approximate surface area is 114 Å². The van der Waals surface area contributed by atoms with E-state index < -0.39 is 10.7 Å². The van der Waals surface area contributed by atoms with Crippen LogP contribution in [0.4, 0.5) is 10.1 Å². The van der Waals surface area contributed by atoms with Crippen LogP contribution in [0.15, 0.2) is 36.4 Å². The largest absolute Gasteiger partial charge is 0.450 e. The topological polar surface area (TPSA) is 72.6 Å². The molecule has 0 spiro atoms. The normalized spacial score (nSPS) is 10.3. The second-order valence-corrected chi connectivity index (χ2v) is 4.23. The zero-order valence-electron chi connectivity index (χ0n) is 10.7. The van der Waals surface area contributed by atoms with Crippen LogP contribution in [0.3, 0.4) is 0 Å². The number of hydrogen-bond acceptors (Lipinski definition) is 4. The van der Waals surface area contributed by atoms with Crippen LogP contribution in [-0.4, -0.2) is 10.0 Å². The van der Waals surface area contributed by atoms with Gasteiger partial charge in [-0.25, -0.2) is 4.39 Å². The first kappa shape index (κ1) is 14.0. The van der Waals surface area contributed by atoms with Crippen molar-refractivity contribution in [2.45, 2.75) is 13.5 Å². The summed E-state index contributed by atoms with van der Waals surface area (Å²) in [6, 6.07) is 8.34. The molecule has 0 aromatic heterocycles. The molecule has 0 aliphatic carbocycles. The summed E-state index contributed by atoms with van der Waals surface area (Å²) in [5.74, 6) is -0.450. The lowest BCUT2D eigenvalue weighted by molar-refractivity contribution is -0.386. The van der Waals surface area contributed by atoms with Crippen LogP contribution in [0, 0.1) is 22.9 Å². The van der Waals surface area contributed by atoms with Gasteiger partial charge in [-0.2, -0.15) is 0 Å². The van der Waals surface area contributed by atoms with E-state index >= 15 is 0 Å². The van der Waals surface area contributed by atoms with Crippen molar-refractivity contribution >= 4 is 5.69 Å². The molecule has 6 heteroatoms. The lowest BCUT2D eigenvalue weighted by Crippen LogP contribution is -1.97. The third kappa shape index (κ3) is 2.92. The first-order valence-corrected chi connectivity index (χ1v) is 5.83. The lowest BCUT2D eigenvalue weighted by Gasteiger charge is -2.09. The van der Waals surface area contributed by atoms with E-state index in [0.29, 0.717) is 11.1 Å². The molecule has 104 valence electrons. The van der Waals surface area contributed by atoms with Crippen LogP contribution in [0.1, 0.15) is 11.1 Å². The highest BCUT2D eigenvalue weighted by Gasteiger charge is 2.19. The Bertz CT molecular complexity index is 658. The summed E-state index contributed by atoms with van der Waals surface area (Å²) >= 11 is 0. The van der Waals surface area contributed by atoms with Gasteiger partial charge in [0.2, 0.25) is 5.75 Å². The zero-order valence-corrected chi connectivity index (χ0v) is 10.7. The van der Waals surface area contributed by atoms with Crippen LogP contribution >= 0.6 is 0 Å². The second kappa shape index (κ2) is 5.66. The Hall–Kier alpha value is -2.47. The predicted octanol–water partition coefficient (Wildman–Crippen LogP) is 3.33. The number of rotatable bonds is 4. The summed E-state index contributed by atoms with van der Waals surface area (Å²) < 4.78 is 18.7. The van der Waals surface area contributed by atoms with Crippen molar-refractivity contribution in [1.82, 2.24) is 0 Å². The maximum Gasteiger partial charge on any atom is 0.314 e. The lowest BCUT2D eigenvalue weighted by atomic mass is 10.2. The molecule has 20 heavy (non-hydrogen) atoms. The molecule has 0 saturated heterocycles. The molecule has 0 radical (unpaired) electrons. The number of nitrogens with zero attached hydrogens (tertiary/aromatic N) is 1. The SMILES string of the molecule is Cc1cccc(Oc2cc(F)cc(CO)c2)c1[N+](=O)[O-]. The van der Waals surface area contributed by atoms with Crippen molar-refractivity contribution < 1.29 is 19.2 Å². The van der Waals surface area contributed by atoms with Crippen molar-refractivity contribution in [3.05, 3.63) is 63.5 Å². The van der Waals surface area contributed by atoms with Crippen LogP contribution in [0.2, 0.25) is 0 Å². The van der Waals surface area contributed by atoms with Crippen molar-refractivity contribution in [1.29, 1.82) is 0 Å². The van der Waals surface area contributed by atoms with E-state index in [2.05, 4.69) is 0 Å². The monoisotopic (exact) mass is 277 g/mol. The van der Waals surface area contributed by atoms with E-state index in [1.165, 1.54) is 12.1 Å². The molecule has 2 aromatic carbocycles. The molecule has 5 nitrogen and oxygen atoms in total. The Kier molecular flexibility index (Phi) is 3.95. The van der Waals surface area contributed by atoms with Gasteiger partial charge in [0.1, 0.15) is 11.6 Å². The molecule has 0 saturated carbocycles. The van der Waals surface area contributed by atoms with E-state index in [-0.39, 0.29) is 23.8 Å². The van der Waals surface area contributed by atoms with E-state index in [1.54, 1.807) is 19.1 Å². The smallest absolute Gasteiger partial charge is 0.314 e. The summed E-state index contributed by atoms with van der Waals surface area (Å²) in [5.41, 5.74) is 0.615. The minimum absolute atomic E-state index is 0.0319. The third-order valence-electron chi connectivity index (χ3n) is 2.72. The Morgan fingerprint density at radius 3 is 2.75 bits per heavy atom. The molecular formula is C14H12FNO4. The number of nitro groups is 1. The highest BCUT2D eigenvalue weighted by molar-refractivity contribution is 5.53. The van der Waals surface area contributed by atoms with Gasteiger partial charge in [0.15, 0.2) is 0 Å². The molecule has 0 amide bonds. The van der Waals surface area contributed by atoms with Gasteiger partial charge in [0.25, 0.3) is 0 Å². The zero-order chi connectivity index (χ0) is 14.7. The van der Waals surface area contributed by atoms with Gasteiger partial charge in [-0.15, -0.1) is 0 Å². The van der Waals surface area contributed by atoms with Crippen LogP contribution < -0.4 is 4.74 Å². The van der Waals surface area contributed by atoms with Crippen molar-refractivity contribution in [3.63, 3.8) is 0 Å². The summed E-state index contributed by atoms with van der Waals surface area (Å²) in [7, 11) is 0. The number of para-hydroxylation sites is 1. The molecule has 0 heterocycles. The number of aryl methyl sites for hydroxylation is 1. The van der Waals surface area contributed by atoms with E-state index in [9.17, 15) is 14.5 Å². The second-order valence-electron chi connectivity index (χ2n) is 4.23.